The quantitative estimate of drug-likeness (QED) is 0.614. The number of H-pyrrole nitrogens is 1. The predicted octanol–water partition coefficient (Wildman–Crippen LogP) is 2.69. The molecule has 0 atom stereocenters. The summed E-state index contributed by atoms with van der Waals surface area (Å²) in [4.78, 5) is 46.4. The van der Waals surface area contributed by atoms with Gasteiger partial charge in [-0.3, -0.25) is 14.6 Å². The van der Waals surface area contributed by atoms with E-state index in [2.05, 4.69) is 15.3 Å². The van der Waals surface area contributed by atoms with Crippen LogP contribution in [0.1, 0.15) is 59.2 Å². The number of esters is 1. The van der Waals surface area contributed by atoms with E-state index in [-0.39, 0.29) is 23.7 Å². The number of likely N-dealkylation sites (tertiary alicyclic amines) is 1. The van der Waals surface area contributed by atoms with Crippen LogP contribution in [0, 0.1) is 19.8 Å². The van der Waals surface area contributed by atoms with Crippen LogP contribution < -0.4 is 5.32 Å². The first kappa shape index (κ1) is 23.5. The van der Waals surface area contributed by atoms with Gasteiger partial charge in [-0.2, -0.15) is 0 Å². The predicted molar refractivity (Wildman–Crippen MR) is 120 cm³/mol. The fourth-order valence-corrected chi connectivity index (χ4v) is 4.18. The Bertz CT molecular complexity index is 946. The third kappa shape index (κ3) is 5.75. The number of pyridine rings is 1. The lowest BCUT2D eigenvalue weighted by Gasteiger charge is -2.31. The second-order valence-corrected chi connectivity index (χ2v) is 8.14. The first-order chi connectivity index (χ1) is 15.4. The molecule has 3 rings (SSSR count). The molecule has 2 aromatic heterocycles. The summed E-state index contributed by atoms with van der Waals surface area (Å²) < 4.78 is 5.09. The summed E-state index contributed by atoms with van der Waals surface area (Å²) in [7, 11) is 0. The molecule has 3 heterocycles. The Kier molecular flexibility index (Phi) is 8.03. The summed E-state index contributed by atoms with van der Waals surface area (Å²) in [6.45, 7) is 7.47. The lowest BCUT2D eigenvalue weighted by atomic mass is 9.95. The SMILES string of the molecule is CCOC(=O)c1[nH]c(C)c(CCC(=O)N2CCC(C(=O)NCc3ccccn3)CC2)c1C. The number of rotatable bonds is 8. The minimum absolute atomic E-state index is 0.0211. The van der Waals surface area contributed by atoms with E-state index in [1.807, 2.05) is 36.9 Å². The number of aryl methyl sites for hydroxylation is 1. The summed E-state index contributed by atoms with van der Waals surface area (Å²) in [5.41, 5.74) is 4.02. The first-order valence-corrected chi connectivity index (χ1v) is 11.2. The standard InChI is InChI=1S/C24H32N4O4/c1-4-32-24(31)22-16(2)20(17(3)27-22)8-9-21(29)28-13-10-18(11-14-28)23(30)26-15-19-7-5-6-12-25-19/h5-7,12,18,27H,4,8-11,13-15H2,1-3H3,(H,26,30). The monoisotopic (exact) mass is 440 g/mol. The number of aromatic amines is 1. The maximum absolute atomic E-state index is 12.7. The van der Waals surface area contributed by atoms with Crippen LogP contribution in [0.25, 0.3) is 0 Å². The summed E-state index contributed by atoms with van der Waals surface area (Å²) in [5.74, 6) is -0.346. The molecule has 32 heavy (non-hydrogen) atoms. The summed E-state index contributed by atoms with van der Waals surface area (Å²) >= 11 is 0. The highest BCUT2D eigenvalue weighted by Crippen LogP contribution is 2.22. The Morgan fingerprint density at radius 2 is 1.97 bits per heavy atom. The molecule has 2 aromatic rings. The van der Waals surface area contributed by atoms with Gasteiger partial charge >= 0.3 is 5.97 Å². The summed E-state index contributed by atoms with van der Waals surface area (Å²) in [5, 5.41) is 2.95. The van der Waals surface area contributed by atoms with Gasteiger partial charge in [-0.25, -0.2) is 4.79 Å². The highest BCUT2D eigenvalue weighted by Gasteiger charge is 2.27. The molecule has 1 saturated heterocycles. The topological polar surface area (TPSA) is 104 Å². The van der Waals surface area contributed by atoms with E-state index in [0.717, 1.165) is 22.5 Å². The minimum Gasteiger partial charge on any atom is -0.461 e. The number of nitrogens with zero attached hydrogens (tertiary/aromatic N) is 2. The molecular formula is C24H32N4O4. The van der Waals surface area contributed by atoms with Gasteiger partial charge in [0.1, 0.15) is 5.69 Å². The second kappa shape index (κ2) is 10.9. The van der Waals surface area contributed by atoms with Crippen LogP contribution in [0.4, 0.5) is 0 Å². The lowest BCUT2D eigenvalue weighted by molar-refractivity contribution is -0.135. The largest absolute Gasteiger partial charge is 0.461 e. The van der Waals surface area contributed by atoms with Gasteiger partial charge in [0.05, 0.1) is 18.8 Å². The molecule has 0 unspecified atom stereocenters. The zero-order valence-corrected chi connectivity index (χ0v) is 19.1. The molecule has 8 nitrogen and oxygen atoms in total. The normalized spacial score (nSPS) is 14.3. The molecule has 1 aliphatic heterocycles. The van der Waals surface area contributed by atoms with Crippen molar-refractivity contribution >= 4 is 17.8 Å². The maximum atomic E-state index is 12.7. The van der Waals surface area contributed by atoms with Crippen LogP contribution in [0.3, 0.4) is 0 Å². The number of hydrogen-bond donors (Lipinski definition) is 2. The number of nitrogens with one attached hydrogen (secondary N) is 2. The number of carbonyl (C=O) groups excluding carboxylic acids is 3. The van der Waals surface area contributed by atoms with Crippen molar-refractivity contribution < 1.29 is 19.1 Å². The van der Waals surface area contributed by atoms with E-state index >= 15 is 0 Å². The smallest absolute Gasteiger partial charge is 0.355 e. The van der Waals surface area contributed by atoms with Crippen LogP contribution in [0.2, 0.25) is 0 Å². The van der Waals surface area contributed by atoms with Crippen molar-refractivity contribution in [1.82, 2.24) is 20.2 Å². The van der Waals surface area contributed by atoms with Crippen molar-refractivity contribution in [3.63, 3.8) is 0 Å². The van der Waals surface area contributed by atoms with Crippen molar-refractivity contribution in [2.24, 2.45) is 5.92 Å². The van der Waals surface area contributed by atoms with Crippen molar-refractivity contribution in [2.75, 3.05) is 19.7 Å². The molecule has 2 N–H and O–H groups in total. The number of carbonyl (C=O) groups is 3. The summed E-state index contributed by atoms with van der Waals surface area (Å²) in [6.07, 6.45) is 3.97. The molecule has 0 aliphatic carbocycles. The van der Waals surface area contributed by atoms with Crippen LogP contribution in [-0.2, 0) is 27.3 Å². The fraction of sp³-hybridized carbons (Fsp3) is 0.500. The van der Waals surface area contributed by atoms with Crippen molar-refractivity contribution in [3.05, 3.63) is 52.6 Å². The highest BCUT2D eigenvalue weighted by molar-refractivity contribution is 5.90. The lowest BCUT2D eigenvalue weighted by Crippen LogP contribution is -2.43. The molecule has 0 bridgehead atoms. The molecule has 1 aliphatic rings. The number of amides is 2. The van der Waals surface area contributed by atoms with Gasteiger partial charge in [-0.1, -0.05) is 6.07 Å². The van der Waals surface area contributed by atoms with Crippen LogP contribution in [-0.4, -0.2) is 52.3 Å². The van der Waals surface area contributed by atoms with E-state index in [4.69, 9.17) is 4.74 Å². The van der Waals surface area contributed by atoms with Gasteiger partial charge in [-0.05, 0) is 63.3 Å². The Hall–Kier alpha value is -3.16. The van der Waals surface area contributed by atoms with Gasteiger partial charge in [-0.15, -0.1) is 0 Å². The van der Waals surface area contributed by atoms with Gasteiger partial charge in [0, 0.05) is 37.3 Å². The molecule has 0 saturated carbocycles. The third-order valence-electron chi connectivity index (χ3n) is 6.05. The molecule has 2 amide bonds. The van der Waals surface area contributed by atoms with Crippen molar-refractivity contribution in [3.8, 4) is 0 Å². The Balaban J connectivity index is 1.46. The average Bonchev–Trinajstić information content (AvgIpc) is 3.10. The molecule has 0 aromatic carbocycles. The summed E-state index contributed by atoms with van der Waals surface area (Å²) in [6, 6.07) is 5.62. The minimum atomic E-state index is -0.367. The number of ether oxygens (including phenoxy) is 1. The Morgan fingerprint density at radius 3 is 2.62 bits per heavy atom. The number of hydrogen-bond acceptors (Lipinski definition) is 5. The van der Waals surface area contributed by atoms with Crippen LogP contribution in [0.5, 0.6) is 0 Å². The highest BCUT2D eigenvalue weighted by atomic mass is 16.5. The van der Waals surface area contributed by atoms with Gasteiger partial charge in [0.2, 0.25) is 11.8 Å². The van der Waals surface area contributed by atoms with E-state index < -0.39 is 0 Å². The average molecular weight is 441 g/mol. The van der Waals surface area contributed by atoms with Crippen molar-refractivity contribution in [2.45, 2.75) is 53.0 Å². The third-order valence-corrected chi connectivity index (χ3v) is 6.05. The Morgan fingerprint density at radius 1 is 1.22 bits per heavy atom. The number of piperidine rings is 1. The zero-order valence-electron chi connectivity index (χ0n) is 19.1. The van der Waals surface area contributed by atoms with Crippen molar-refractivity contribution in [1.29, 1.82) is 0 Å². The van der Waals surface area contributed by atoms with E-state index in [1.54, 1.807) is 13.1 Å². The molecule has 8 heteroatoms. The first-order valence-electron chi connectivity index (χ1n) is 11.2. The van der Waals surface area contributed by atoms with E-state index in [1.165, 1.54) is 0 Å². The fourth-order valence-electron chi connectivity index (χ4n) is 4.18. The molecule has 0 spiro atoms. The maximum Gasteiger partial charge on any atom is 0.355 e. The number of aromatic nitrogens is 2. The van der Waals surface area contributed by atoms with Crippen LogP contribution >= 0.6 is 0 Å². The molecule has 172 valence electrons. The van der Waals surface area contributed by atoms with E-state index in [9.17, 15) is 14.4 Å². The van der Waals surface area contributed by atoms with E-state index in [0.29, 0.717) is 57.6 Å². The Labute approximate surface area is 188 Å². The van der Waals surface area contributed by atoms with Gasteiger partial charge < -0.3 is 19.9 Å². The second-order valence-electron chi connectivity index (χ2n) is 8.14. The van der Waals surface area contributed by atoms with Gasteiger partial charge in [0.15, 0.2) is 0 Å². The van der Waals surface area contributed by atoms with Crippen LogP contribution in [0.15, 0.2) is 24.4 Å². The molecular weight excluding hydrogens is 408 g/mol. The zero-order chi connectivity index (χ0) is 23.1. The molecule has 1 fully saturated rings. The van der Waals surface area contributed by atoms with Gasteiger partial charge in [0.25, 0.3) is 0 Å². The molecule has 0 radical (unpaired) electrons.